The molecular formula is C16H13FN4S. The molecule has 3 rings (SSSR count). The monoisotopic (exact) mass is 312 g/mol. The topological polar surface area (TPSA) is 46.0 Å². The Morgan fingerprint density at radius 3 is 2.68 bits per heavy atom. The van der Waals surface area contributed by atoms with Gasteiger partial charge < -0.3 is 0 Å². The molecule has 0 aliphatic carbocycles. The van der Waals surface area contributed by atoms with Gasteiger partial charge in [-0.3, -0.25) is 0 Å². The Hall–Kier alpha value is -2.60. The number of nitrogens with one attached hydrogen (secondary N) is 1. The number of aromatic nitrogens is 3. The minimum atomic E-state index is -0.335. The second kappa shape index (κ2) is 6.03. The molecule has 0 fully saturated rings. The van der Waals surface area contributed by atoms with Gasteiger partial charge in [-0.15, -0.1) is 0 Å². The lowest BCUT2D eigenvalue weighted by molar-refractivity contribution is 0.625. The molecule has 110 valence electrons. The maximum atomic E-state index is 13.7. The van der Waals surface area contributed by atoms with Gasteiger partial charge in [0.25, 0.3) is 0 Å². The molecular weight excluding hydrogens is 299 g/mol. The molecule has 0 saturated carbocycles. The van der Waals surface area contributed by atoms with Gasteiger partial charge in [-0.05, 0) is 30.8 Å². The largest absolute Gasteiger partial charge is 0.250 e. The number of halogens is 1. The highest BCUT2D eigenvalue weighted by Crippen LogP contribution is 2.21. The predicted octanol–water partition coefficient (Wildman–Crippen LogP) is 3.94. The first-order valence-electron chi connectivity index (χ1n) is 6.69. The van der Waals surface area contributed by atoms with Crippen molar-refractivity contribution in [1.82, 2.24) is 14.9 Å². The first-order valence-corrected chi connectivity index (χ1v) is 7.10. The molecule has 4 nitrogen and oxygen atoms in total. The lowest BCUT2D eigenvalue weighted by Gasteiger charge is -2.04. The van der Waals surface area contributed by atoms with Gasteiger partial charge in [-0.2, -0.15) is 14.9 Å². The first kappa shape index (κ1) is 14.3. The number of hydrogen-bond acceptors (Lipinski definition) is 3. The van der Waals surface area contributed by atoms with Crippen molar-refractivity contribution in [1.29, 1.82) is 0 Å². The molecule has 0 spiro atoms. The zero-order chi connectivity index (χ0) is 15.5. The number of H-pyrrole nitrogens is 1. The molecule has 0 aliphatic heterocycles. The molecule has 0 unspecified atom stereocenters. The van der Waals surface area contributed by atoms with Gasteiger partial charge in [0.2, 0.25) is 4.77 Å². The first-order chi connectivity index (χ1) is 10.7. The minimum Gasteiger partial charge on any atom is -0.250 e. The van der Waals surface area contributed by atoms with Crippen LogP contribution in [0.5, 0.6) is 0 Å². The van der Waals surface area contributed by atoms with Gasteiger partial charge in [0.05, 0.1) is 6.21 Å². The summed E-state index contributed by atoms with van der Waals surface area (Å²) in [5.41, 5.74) is 2.36. The maximum absolute atomic E-state index is 13.7. The van der Waals surface area contributed by atoms with Gasteiger partial charge in [0, 0.05) is 11.1 Å². The molecule has 1 aromatic heterocycles. The van der Waals surface area contributed by atoms with Crippen molar-refractivity contribution in [2.75, 3.05) is 0 Å². The van der Waals surface area contributed by atoms with Crippen LogP contribution in [0.3, 0.4) is 0 Å². The highest BCUT2D eigenvalue weighted by atomic mass is 32.1. The third-order valence-electron chi connectivity index (χ3n) is 3.25. The fourth-order valence-electron chi connectivity index (χ4n) is 2.10. The smallest absolute Gasteiger partial charge is 0.216 e. The molecule has 0 aliphatic rings. The Labute approximate surface area is 131 Å². The number of benzene rings is 2. The SMILES string of the molecule is Cc1ccccc1-c1n[nH]c(=S)n1N=Cc1ccccc1F. The standard InChI is InChI=1S/C16H13FN4S/c1-11-6-2-4-8-13(11)15-19-20-16(22)21(15)18-10-12-7-3-5-9-14(12)17/h2-10H,1H3,(H,20,22). The molecule has 0 radical (unpaired) electrons. The molecule has 1 heterocycles. The van der Waals surface area contributed by atoms with E-state index in [0.29, 0.717) is 16.2 Å². The molecule has 1 N–H and O–H groups in total. The van der Waals surface area contributed by atoms with Crippen molar-refractivity contribution >= 4 is 18.4 Å². The van der Waals surface area contributed by atoms with E-state index >= 15 is 0 Å². The molecule has 0 atom stereocenters. The van der Waals surface area contributed by atoms with Crippen LogP contribution >= 0.6 is 12.2 Å². The van der Waals surface area contributed by atoms with Crippen LogP contribution in [0.15, 0.2) is 53.6 Å². The molecule has 3 aromatic rings. The number of aryl methyl sites for hydroxylation is 1. The molecule has 0 saturated heterocycles. The van der Waals surface area contributed by atoms with Crippen molar-refractivity contribution in [2.45, 2.75) is 6.92 Å². The van der Waals surface area contributed by atoms with Crippen molar-refractivity contribution in [3.63, 3.8) is 0 Å². The Kier molecular flexibility index (Phi) is 3.93. The van der Waals surface area contributed by atoms with Gasteiger partial charge in [0.1, 0.15) is 5.82 Å². The summed E-state index contributed by atoms with van der Waals surface area (Å²) < 4.78 is 15.5. The summed E-state index contributed by atoms with van der Waals surface area (Å²) in [5, 5.41) is 11.2. The van der Waals surface area contributed by atoms with Gasteiger partial charge in [0.15, 0.2) is 5.82 Å². The molecule has 22 heavy (non-hydrogen) atoms. The highest BCUT2D eigenvalue weighted by Gasteiger charge is 2.10. The van der Waals surface area contributed by atoms with Crippen LogP contribution in [-0.4, -0.2) is 21.1 Å². The fraction of sp³-hybridized carbons (Fsp3) is 0.0625. The van der Waals surface area contributed by atoms with Crippen LogP contribution in [0.1, 0.15) is 11.1 Å². The lowest BCUT2D eigenvalue weighted by atomic mass is 10.1. The van der Waals surface area contributed by atoms with Crippen LogP contribution < -0.4 is 0 Å². The minimum absolute atomic E-state index is 0.335. The van der Waals surface area contributed by atoms with Crippen LogP contribution in [0.2, 0.25) is 0 Å². The second-order valence-corrected chi connectivity index (χ2v) is 5.13. The summed E-state index contributed by atoms with van der Waals surface area (Å²) >= 11 is 5.20. The van der Waals surface area contributed by atoms with E-state index in [1.807, 2.05) is 31.2 Å². The van der Waals surface area contributed by atoms with Crippen LogP contribution in [0.4, 0.5) is 4.39 Å². The van der Waals surface area contributed by atoms with Crippen molar-refractivity contribution in [3.8, 4) is 11.4 Å². The van der Waals surface area contributed by atoms with E-state index in [0.717, 1.165) is 11.1 Å². The Bertz CT molecular complexity index is 895. The normalized spacial score (nSPS) is 11.2. The Balaban J connectivity index is 2.06. The number of hydrogen-bond donors (Lipinski definition) is 1. The Morgan fingerprint density at radius 1 is 1.18 bits per heavy atom. The second-order valence-electron chi connectivity index (χ2n) is 4.75. The molecule has 0 bridgehead atoms. The summed E-state index contributed by atoms with van der Waals surface area (Å²) in [6.45, 7) is 1.98. The summed E-state index contributed by atoms with van der Waals surface area (Å²) in [6, 6.07) is 14.2. The average molecular weight is 312 g/mol. The summed E-state index contributed by atoms with van der Waals surface area (Å²) in [4.78, 5) is 0. The zero-order valence-corrected chi connectivity index (χ0v) is 12.6. The van der Waals surface area contributed by atoms with E-state index in [4.69, 9.17) is 12.2 Å². The van der Waals surface area contributed by atoms with Crippen molar-refractivity contribution in [3.05, 3.63) is 70.2 Å². The van der Waals surface area contributed by atoms with Crippen LogP contribution in [0, 0.1) is 17.5 Å². The van der Waals surface area contributed by atoms with E-state index in [1.165, 1.54) is 17.0 Å². The molecule has 0 amide bonds. The summed E-state index contributed by atoms with van der Waals surface area (Å²) in [7, 11) is 0. The van der Waals surface area contributed by atoms with Crippen LogP contribution in [-0.2, 0) is 0 Å². The van der Waals surface area contributed by atoms with Crippen molar-refractivity contribution in [2.24, 2.45) is 5.10 Å². The van der Waals surface area contributed by atoms with Gasteiger partial charge >= 0.3 is 0 Å². The Morgan fingerprint density at radius 2 is 1.91 bits per heavy atom. The van der Waals surface area contributed by atoms with Gasteiger partial charge in [-0.25, -0.2) is 9.49 Å². The van der Waals surface area contributed by atoms with E-state index in [-0.39, 0.29) is 5.82 Å². The van der Waals surface area contributed by atoms with E-state index in [9.17, 15) is 4.39 Å². The lowest BCUT2D eigenvalue weighted by Crippen LogP contribution is -1.97. The maximum Gasteiger partial charge on any atom is 0.216 e. The van der Waals surface area contributed by atoms with Crippen LogP contribution in [0.25, 0.3) is 11.4 Å². The zero-order valence-electron chi connectivity index (χ0n) is 11.8. The third-order valence-corrected chi connectivity index (χ3v) is 3.52. The van der Waals surface area contributed by atoms with Gasteiger partial charge in [-0.1, -0.05) is 42.5 Å². The van der Waals surface area contributed by atoms with E-state index in [2.05, 4.69) is 15.3 Å². The summed E-state index contributed by atoms with van der Waals surface area (Å²) in [6.07, 6.45) is 1.43. The van der Waals surface area contributed by atoms with E-state index < -0.39 is 0 Å². The number of rotatable bonds is 3. The quantitative estimate of drug-likeness (QED) is 0.588. The van der Waals surface area contributed by atoms with Crippen molar-refractivity contribution < 1.29 is 4.39 Å². The van der Waals surface area contributed by atoms with E-state index in [1.54, 1.807) is 18.2 Å². The molecule has 2 aromatic carbocycles. The predicted molar refractivity (Wildman–Crippen MR) is 87.0 cm³/mol. The third kappa shape index (κ3) is 2.73. The number of nitrogens with zero attached hydrogens (tertiary/aromatic N) is 3. The summed E-state index contributed by atoms with van der Waals surface area (Å²) in [5.74, 6) is 0.259. The fourth-order valence-corrected chi connectivity index (χ4v) is 2.28. The molecule has 6 heteroatoms. The number of aromatic amines is 1. The highest BCUT2D eigenvalue weighted by molar-refractivity contribution is 7.71. The average Bonchev–Trinajstić information content (AvgIpc) is 2.88.